The maximum atomic E-state index is 12.7. The van der Waals surface area contributed by atoms with Crippen LogP contribution in [0.4, 0.5) is 5.69 Å². The minimum absolute atomic E-state index is 0.0469. The highest BCUT2D eigenvalue weighted by atomic mass is 16.5. The zero-order valence-corrected chi connectivity index (χ0v) is 19.2. The Morgan fingerprint density at radius 2 is 1.71 bits per heavy atom. The van der Waals surface area contributed by atoms with Crippen molar-refractivity contribution in [2.45, 2.75) is 19.3 Å². The number of ether oxygens (including phenoxy) is 1. The first kappa shape index (κ1) is 25.0. The summed E-state index contributed by atoms with van der Waals surface area (Å²) in [4.78, 5) is 48.2. The number of aryl methyl sites for hydroxylation is 1. The zero-order chi connectivity index (χ0) is 25.5. The van der Waals surface area contributed by atoms with E-state index in [1.54, 1.807) is 31.2 Å². The number of carbonyl (C=O) groups is 3. The van der Waals surface area contributed by atoms with Gasteiger partial charge in [0.25, 0.3) is 0 Å². The largest absolute Gasteiger partial charge is 0.502 e. The Kier molecular flexibility index (Phi) is 7.88. The van der Waals surface area contributed by atoms with Crippen molar-refractivity contribution in [3.05, 3.63) is 87.5 Å². The summed E-state index contributed by atoms with van der Waals surface area (Å²) in [6, 6.07) is 13.9. The van der Waals surface area contributed by atoms with Crippen LogP contribution in [0.2, 0.25) is 0 Å². The molecule has 0 aliphatic carbocycles. The lowest BCUT2D eigenvalue weighted by Crippen LogP contribution is -2.33. The van der Waals surface area contributed by atoms with E-state index in [-0.39, 0.29) is 24.5 Å². The van der Waals surface area contributed by atoms with E-state index in [9.17, 15) is 24.3 Å². The third kappa shape index (κ3) is 6.47. The Labute approximate surface area is 200 Å². The van der Waals surface area contributed by atoms with Gasteiger partial charge < -0.3 is 30.6 Å². The molecule has 3 rings (SSSR count). The van der Waals surface area contributed by atoms with Crippen molar-refractivity contribution in [1.29, 1.82) is 0 Å². The highest BCUT2D eigenvalue weighted by Gasteiger charge is 2.26. The minimum atomic E-state index is -0.794. The van der Waals surface area contributed by atoms with Crippen molar-refractivity contribution in [3.8, 4) is 11.5 Å². The summed E-state index contributed by atoms with van der Waals surface area (Å²) in [6.07, 6.45) is -0.202. The summed E-state index contributed by atoms with van der Waals surface area (Å²) in [5.74, 6) is -2.13. The fourth-order valence-electron chi connectivity index (χ4n) is 3.42. The maximum Gasteiger partial charge on any atom is 0.248 e. The molecule has 0 fully saturated rings. The topological polar surface area (TPSA) is 161 Å². The van der Waals surface area contributed by atoms with Gasteiger partial charge >= 0.3 is 0 Å². The molecule has 0 aliphatic heterocycles. The van der Waals surface area contributed by atoms with Crippen LogP contribution in [-0.2, 0) is 9.59 Å². The van der Waals surface area contributed by atoms with Crippen LogP contribution >= 0.6 is 0 Å². The molecule has 3 aromatic rings. The first-order chi connectivity index (χ1) is 16.7. The third-order valence-electron chi connectivity index (χ3n) is 5.20. The van der Waals surface area contributed by atoms with Crippen LogP contribution in [0.3, 0.4) is 0 Å². The van der Waals surface area contributed by atoms with Crippen molar-refractivity contribution in [2.24, 2.45) is 5.73 Å². The quantitative estimate of drug-likeness (QED) is 0.365. The van der Waals surface area contributed by atoms with Crippen LogP contribution in [0.1, 0.15) is 39.8 Å². The molecule has 10 heteroatoms. The van der Waals surface area contributed by atoms with E-state index >= 15 is 0 Å². The molecule has 5 N–H and O–H groups in total. The van der Waals surface area contributed by atoms with Gasteiger partial charge in [-0.2, -0.15) is 0 Å². The molecule has 1 atom stereocenters. The first-order valence-electron chi connectivity index (χ1n) is 10.6. The molecular weight excluding hydrogens is 454 g/mol. The van der Waals surface area contributed by atoms with E-state index in [1.807, 2.05) is 0 Å². The smallest absolute Gasteiger partial charge is 0.248 e. The van der Waals surface area contributed by atoms with Gasteiger partial charge in [-0.15, -0.1) is 0 Å². The zero-order valence-electron chi connectivity index (χ0n) is 19.2. The first-order valence-corrected chi connectivity index (χ1v) is 10.6. The highest BCUT2D eigenvalue weighted by Crippen LogP contribution is 2.33. The molecule has 0 aliphatic rings. The summed E-state index contributed by atoms with van der Waals surface area (Å²) >= 11 is 0. The number of aromatic hydroxyl groups is 1. The van der Waals surface area contributed by atoms with Crippen LogP contribution in [0.15, 0.2) is 63.8 Å². The summed E-state index contributed by atoms with van der Waals surface area (Å²) in [7, 11) is 1.52. The second kappa shape index (κ2) is 11.0. The molecule has 0 saturated carbocycles. The highest BCUT2D eigenvalue weighted by molar-refractivity contribution is 5.96. The van der Waals surface area contributed by atoms with Gasteiger partial charge in [0.1, 0.15) is 11.5 Å². The molecule has 1 heterocycles. The number of hydrogen-bond donors (Lipinski definition) is 4. The van der Waals surface area contributed by atoms with E-state index in [2.05, 4.69) is 10.6 Å². The van der Waals surface area contributed by atoms with E-state index in [1.165, 1.54) is 31.4 Å². The number of nitrogens with two attached hydrogens (primary N) is 1. The van der Waals surface area contributed by atoms with Gasteiger partial charge in [0.15, 0.2) is 5.76 Å². The summed E-state index contributed by atoms with van der Waals surface area (Å²) < 4.78 is 10.8. The van der Waals surface area contributed by atoms with Crippen LogP contribution in [0.5, 0.6) is 11.5 Å². The van der Waals surface area contributed by atoms with Gasteiger partial charge in [-0.25, -0.2) is 0 Å². The molecule has 0 spiro atoms. The van der Waals surface area contributed by atoms with Crippen LogP contribution in [0, 0.1) is 6.92 Å². The number of hydrogen-bond acceptors (Lipinski definition) is 7. The fourth-order valence-corrected chi connectivity index (χ4v) is 3.42. The number of nitrogens with one attached hydrogen (secondary N) is 2. The number of primary amides is 1. The number of benzene rings is 2. The predicted octanol–water partition coefficient (Wildman–Crippen LogP) is 2.04. The minimum Gasteiger partial charge on any atom is -0.502 e. The molecule has 0 bridgehead atoms. The second-order valence-electron chi connectivity index (χ2n) is 7.73. The lowest BCUT2D eigenvalue weighted by molar-refractivity contribution is -0.124. The van der Waals surface area contributed by atoms with Crippen molar-refractivity contribution < 1.29 is 28.6 Å². The molecule has 182 valence electrons. The Balaban J connectivity index is 1.72. The van der Waals surface area contributed by atoms with Gasteiger partial charge in [-0.1, -0.05) is 12.1 Å². The molecule has 10 nitrogen and oxygen atoms in total. The van der Waals surface area contributed by atoms with E-state index in [0.717, 1.165) is 6.07 Å². The van der Waals surface area contributed by atoms with Crippen LogP contribution in [0.25, 0.3) is 0 Å². The molecule has 1 unspecified atom stereocenters. The van der Waals surface area contributed by atoms with Crippen molar-refractivity contribution in [3.63, 3.8) is 0 Å². The van der Waals surface area contributed by atoms with Gasteiger partial charge in [-0.05, 0) is 48.9 Å². The normalized spacial score (nSPS) is 11.4. The third-order valence-corrected chi connectivity index (χ3v) is 5.20. The molecule has 0 saturated heterocycles. The second-order valence-corrected chi connectivity index (χ2v) is 7.73. The average Bonchev–Trinajstić information content (AvgIpc) is 2.84. The molecule has 0 radical (unpaired) electrons. The van der Waals surface area contributed by atoms with Crippen molar-refractivity contribution >= 4 is 23.4 Å². The molecular formula is C25H25N3O7. The number of carbonyl (C=O) groups excluding carboxylic acids is 3. The lowest BCUT2D eigenvalue weighted by Gasteiger charge is -2.18. The van der Waals surface area contributed by atoms with E-state index in [4.69, 9.17) is 14.9 Å². The number of rotatable bonds is 9. The van der Waals surface area contributed by atoms with E-state index in [0.29, 0.717) is 22.6 Å². The van der Waals surface area contributed by atoms with Crippen molar-refractivity contribution in [2.75, 3.05) is 19.0 Å². The van der Waals surface area contributed by atoms with Gasteiger partial charge in [-0.3, -0.25) is 19.2 Å². The fraction of sp³-hybridized carbons (Fsp3) is 0.200. The monoisotopic (exact) mass is 479 g/mol. The predicted molar refractivity (Wildman–Crippen MR) is 127 cm³/mol. The van der Waals surface area contributed by atoms with Gasteiger partial charge in [0.2, 0.25) is 28.9 Å². The average molecular weight is 479 g/mol. The van der Waals surface area contributed by atoms with Gasteiger partial charge in [0, 0.05) is 23.7 Å². The molecule has 2 aromatic carbocycles. The summed E-state index contributed by atoms with van der Waals surface area (Å²) in [5, 5.41) is 15.5. The Hall–Kier alpha value is -4.60. The number of methoxy groups -OCH3 is 1. The Morgan fingerprint density at radius 1 is 1.06 bits per heavy atom. The van der Waals surface area contributed by atoms with Gasteiger partial charge in [0.05, 0.1) is 19.6 Å². The number of anilines is 1. The Bertz CT molecular complexity index is 1280. The molecule has 1 aromatic heterocycles. The standard InChI is InChI=1S/C25H25N3O7/c1-14-11-20(29)23(32)24(35-14)19(15-5-9-18(34-2)10-6-15)12-21(30)27-13-22(31)28-17-7-3-16(4-8-17)25(26)33/h3-11,19,32H,12-13H2,1-2H3,(H2,26,33)(H,27,30)(H,28,31). The molecule has 35 heavy (non-hydrogen) atoms. The SMILES string of the molecule is COc1ccc(C(CC(=O)NCC(=O)Nc2ccc(C(N)=O)cc2)c2oc(C)cc(=O)c2O)cc1. The summed E-state index contributed by atoms with van der Waals surface area (Å²) in [5.41, 5.74) is 5.90. The molecule has 3 amide bonds. The lowest BCUT2D eigenvalue weighted by atomic mass is 9.91. The maximum absolute atomic E-state index is 12.7. The van der Waals surface area contributed by atoms with Crippen molar-refractivity contribution in [1.82, 2.24) is 5.32 Å². The number of amides is 3. The van der Waals surface area contributed by atoms with Crippen LogP contribution < -0.4 is 26.5 Å². The van der Waals surface area contributed by atoms with E-state index < -0.39 is 34.8 Å². The Morgan fingerprint density at radius 3 is 2.31 bits per heavy atom. The van der Waals surface area contributed by atoms with Crippen LogP contribution in [-0.4, -0.2) is 36.5 Å². The summed E-state index contributed by atoms with van der Waals surface area (Å²) in [6.45, 7) is 1.24.